The minimum absolute atomic E-state index is 0.128. The molecule has 1 aromatic rings. The largest absolute Gasteiger partial charge is 0.484 e. The first-order valence-electron chi connectivity index (χ1n) is 8.03. The second-order valence-corrected chi connectivity index (χ2v) is 6.52. The first-order valence-corrected chi connectivity index (χ1v) is 8.03. The maximum absolute atomic E-state index is 12.0. The van der Waals surface area contributed by atoms with Crippen LogP contribution in [0.2, 0.25) is 0 Å². The first kappa shape index (κ1) is 15.5. The first-order chi connectivity index (χ1) is 11.0. The lowest BCUT2D eigenvalue weighted by molar-refractivity contribution is -0.124. The van der Waals surface area contributed by atoms with E-state index in [1.54, 1.807) is 19.1 Å². The molecule has 0 bridgehead atoms. The molecule has 1 N–H and O–H groups in total. The van der Waals surface area contributed by atoms with Crippen molar-refractivity contribution in [3.8, 4) is 11.8 Å². The van der Waals surface area contributed by atoms with E-state index in [9.17, 15) is 14.9 Å². The highest BCUT2D eigenvalue weighted by Gasteiger charge is 2.43. The van der Waals surface area contributed by atoms with Gasteiger partial charge in [0.25, 0.3) is 5.91 Å². The minimum Gasteiger partial charge on any atom is -0.484 e. The summed E-state index contributed by atoms with van der Waals surface area (Å²) in [5.41, 5.74) is 0.945. The molecule has 0 spiro atoms. The van der Waals surface area contributed by atoms with Gasteiger partial charge in [0.2, 0.25) is 0 Å². The Balaban J connectivity index is 1.59. The smallest absolute Gasteiger partial charge is 0.259 e. The van der Waals surface area contributed by atoms with E-state index in [2.05, 4.69) is 11.4 Å². The van der Waals surface area contributed by atoms with E-state index in [4.69, 9.17) is 4.74 Å². The lowest BCUT2D eigenvalue weighted by atomic mass is 9.90. The zero-order valence-corrected chi connectivity index (χ0v) is 13.2. The van der Waals surface area contributed by atoms with Crippen LogP contribution in [0.4, 0.5) is 0 Å². The molecule has 23 heavy (non-hydrogen) atoms. The van der Waals surface area contributed by atoms with E-state index in [1.165, 1.54) is 0 Å². The summed E-state index contributed by atoms with van der Waals surface area (Å²) < 4.78 is 5.53. The average Bonchev–Trinajstić information content (AvgIpc) is 3.38. The summed E-state index contributed by atoms with van der Waals surface area (Å²) in [7, 11) is 0. The number of fused-ring (bicyclic) bond motifs is 1. The number of ether oxygens (including phenoxy) is 1. The molecule has 0 aliphatic heterocycles. The van der Waals surface area contributed by atoms with Crippen molar-refractivity contribution in [2.75, 3.05) is 6.61 Å². The van der Waals surface area contributed by atoms with Crippen LogP contribution in [0.1, 0.15) is 48.5 Å². The van der Waals surface area contributed by atoms with Crippen LogP contribution < -0.4 is 10.1 Å². The maximum Gasteiger partial charge on any atom is 0.259 e. The number of nitrogens with one attached hydrogen (secondary N) is 1. The molecule has 0 heterocycles. The van der Waals surface area contributed by atoms with Gasteiger partial charge in [-0.05, 0) is 62.3 Å². The highest BCUT2D eigenvalue weighted by atomic mass is 16.5. The van der Waals surface area contributed by atoms with Crippen LogP contribution in [0.25, 0.3) is 0 Å². The third kappa shape index (κ3) is 3.37. The third-order valence-electron chi connectivity index (χ3n) is 4.62. The van der Waals surface area contributed by atoms with Gasteiger partial charge in [-0.2, -0.15) is 5.26 Å². The third-order valence-corrected chi connectivity index (χ3v) is 4.62. The van der Waals surface area contributed by atoms with Crippen LogP contribution in [0, 0.1) is 17.2 Å². The molecule has 120 valence electrons. The molecule has 0 saturated heterocycles. The molecule has 0 radical (unpaired) electrons. The molecule has 1 amide bonds. The summed E-state index contributed by atoms with van der Waals surface area (Å²) in [6, 6.07) is 7.52. The van der Waals surface area contributed by atoms with Crippen molar-refractivity contribution >= 4 is 11.7 Å². The molecular weight excluding hydrogens is 292 g/mol. The summed E-state index contributed by atoms with van der Waals surface area (Å²) in [5, 5.41) is 12.0. The van der Waals surface area contributed by atoms with Gasteiger partial charge in [0.15, 0.2) is 12.4 Å². The van der Waals surface area contributed by atoms with Gasteiger partial charge in [0.1, 0.15) is 11.3 Å². The second-order valence-electron chi connectivity index (χ2n) is 6.52. The average molecular weight is 312 g/mol. The van der Waals surface area contributed by atoms with E-state index in [0.29, 0.717) is 12.2 Å². The van der Waals surface area contributed by atoms with E-state index in [1.807, 2.05) is 6.07 Å². The lowest BCUT2D eigenvalue weighted by Crippen LogP contribution is -2.48. The lowest BCUT2D eigenvalue weighted by Gasteiger charge is -2.23. The van der Waals surface area contributed by atoms with E-state index >= 15 is 0 Å². The highest BCUT2D eigenvalue weighted by Crippen LogP contribution is 2.39. The number of aryl methyl sites for hydroxylation is 1. The van der Waals surface area contributed by atoms with Crippen molar-refractivity contribution in [2.45, 2.75) is 44.6 Å². The number of benzene rings is 1. The maximum atomic E-state index is 12.0. The van der Waals surface area contributed by atoms with Gasteiger partial charge in [0, 0.05) is 12.0 Å². The van der Waals surface area contributed by atoms with Crippen LogP contribution in [0.3, 0.4) is 0 Å². The van der Waals surface area contributed by atoms with E-state index in [-0.39, 0.29) is 24.2 Å². The van der Waals surface area contributed by atoms with Gasteiger partial charge >= 0.3 is 0 Å². The fourth-order valence-corrected chi connectivity index (χ4v) is 3.07. The molecule has 1 aromatic carbocycles. The van der Waals surface area contributed by atoms with Crippen LogP contribution in [-0.4, -0.2) is 23.8 Å². The van der Waals surface area contributed by atoms with E-state index in [0.717, 1.165) is 36.8 Å². The predicted molar refractivity (Wildman–Crippen MR) is 84.1 cm³/mol. The van der Waals surface area contributed by atoms with Gasteiger partial charge < -0.3 is 10.1 Å². The fourth-order valence-electron chi connectivity index (χ4n) is 3.07. The zero-order chi connectivity index (χ0) is 16.4. The Kier molecular flexibility index (Phi) is 4.08. The topological polar surface area (TPSA) is 79.2 Å². The normalized spacial score (nSPS) is 19.2. The highest BCUT2D eigenvalue weighted by molar-refractivity contribution is 5.98. The van der Waals surface area contributed by atoms with Crippen molar-refractivity contribution in [1.29, 1.82) is 5.26 Å². The predicted octanol–water partition coefficient (Wildman–Crippen LogP) is 2.39. The number of nitriles is 1. The monoisotopic (exact) mass is 312 g/mol. The molecule has 0 aromatic heterocycles. The summed E-state index contributed by atoms with van der Waals surface area (Å²) in [5.74, 6) is 0.699. The Hall–Kier alpha value is -2.35. The molecule has 2 aliphatic carbocycles. The number of ketones is 1. The van der Waals surface area contributed by atoms with Crippen molar-refractivity contribution in [2.24, 2.45) is 5.92 Å². The Bertz CT molecular complexity index is 688. The molecule has 1 saturated carbocycles. The van der Waals surface area contributed by atoms with Crippen molar-refractivity contribution in [1.82, 2.24) is 5.32 Å². The van der Waals surface area contributed by atoms with Gasteiger partial charge in [-0.1, -0.05) is 0 Å². The second kappa shape index (κ2) is 6.04. The van der Waals surface area contributed by atoms with Gasteiger partial charge in [-0.25, -0.2) is 0 Å². The fraction of sp³-hybridized carbons (Fsp3) is 0.500. The van der Waals surface area contributed by atoms with Gasteiger partial charge in [-0.3, -0.25) is 9.59 Å². The SMILES string of the molecule is CC(C#N)(NC(=O)COc1ccc2c(c1)CCCC2=O)C1CC1. The summed E-state index contributed by atoms with van der Waals surface area (Å²) in [4.78, 5) is 23.8. The molecule has 5 nitrogen and oxygen atoms in total. The zero-order valence-electron chi connectivity index (χ0n) is 13.2. The minimum atomic E-state index is -0.803. The summed E-state index contributed by atoms with van der Waals surface area (Å²) >= 11 is 0. The number of carbonyl (C=O) groups excluding carboxylic acids is 2. The molecule has 5 heteroatoms. The Morgan fingerprint density at radius 2 is 2.22 bits per heavy atom. The van der Waals surface area contributed by atoms with Crippen LogP contribution in [0.15, 0.2) is 18.2 Å². The molecule has 2 aliphatic rings. The van der Waals surface area contributed by atoms with Crippen LogP contribution in [0.5, 0.6) is 5.75 Å². The number of hydrogen-bond acceptors (Lipinski definition) is 4. The number of carbonyl (C=O) groups is 2. The van der Waals surface area contributed by atoms with Crippen molar-refractivity contribution < 1.29 is 14.3 Å². The molecule has 1 atom stereocenters. The Morgan fingerprint density at radius 1 is 1.43 bits per heavy atom. The van der Waals surface area contributed by atoms with Crippen molar-refractivity contribution in [3.05, 3.63) is 29.3 Å². The standard InChI is InChI=1S/C18H20N2O3/c1-18(11-19,13-5-6-13)20-17(22)10-23-14-7-8-15-12(9-14)3-2-4-16(15)21/h7-9,13H,2-6,10H2,1H3,(H,20,22). The van der Waals surface area contributed by atoms with Crippen molar-refractivity contribution in [3.63, 3.8) is 0 Å². The number of amides is 1. The number of nitrogens with zero attached hydrogens (tertiary/aromatic N) is 1. The Morgan fingerprint density at radius 3 is 2.91 bits per heavy atom. The molecule has 1 unspecified atom stereocenters. The molecule has 3 rings (SSSR count). The van der Waals surface area contributed by atoms with E-state index < -0.39 is 5.54 Å². The molecular formula is C18H20N2O3. The summed E-state index contributed by atoms with van der Waals surface area (Å²) in [6.45, 7) is 1.63. The number of rotatable bonds is 5. The van der Waals surface area contributed by atoms with Gasteiger partial charge in [-0.15, -0.1) is 0 Å². The quantitative estimate of drug-likeness (QED) is 0.905. The van der Waals surface area contributed by atoms with Gasteiger partial charge in [0.05, 0.1) is 6.07 Å². The summed E-state index contributed by atoms with van der Waals surface area (Å²) in [6.07, 6.45) is 4.27. The molecule has 1 fully saturated rings. The number of hydrogen-bond donors (Lipinski definition) is 1. The Labute approximate surface area is 135 Å². The van der Waals surface area contributed by atoms with Crippen LogP contribution in [-0.2, 0) is 11.2 Å². The van der Waals surface area contributed by atoms with Crippen LogP contribution >= 0.6 is 0 Å². The number of Topliss-reactive ketones (excluding diaryl/α,β-unsaturated/α-hetero) is 1.